The van der Waals surface area contributed by atoms with Gasteiger partial charge in [-0.05, 0) is 47.5 Å². The number of aliphatic hydroxyl groups is 2. The Balaban J connectivity index is 2.51. The molecule has 1 aliphatic rings. The van der Waals surface area contributed by atoms with Gasteiger partial charge in [0.05, 0.1) is 12.2 Å². The molecule has 2 N–H and O–H groups in total. The normalized spacial score (nSPS) is 21.9. The number of carbonyl (C=O) groups excluding carboxylic acids is 1. The number of aliphatic hydroxyl groups excluding tert-OH is 1. The summed E-state index contributed by atoms with van der Waals surface area (Å²) < 4.78 is 10.9. The van der Waals surface area contributed by atoms with Crippen molar-refractivity contribution < 1.29 is 24.5 Å². The highest BCUT2D eigenvalue weighted by Crippen LogP contribution is 2.22. The molecule has 2 unspecified atom stereocenters. The van der Waals surface area contributed by atoms with Gasteiger partial charge in [-0.2, -0.15) is 0 Å². The van der Waals surface area contributed by atoms with Gasteiger partial charge in [0.2, 0.25) is 0 Å². The van der Waals surface area contributed by atoms with E-state index in [0.29, 0.717) is 13.0 Å². The number of hydrogen-bond acceptors (Lipinski definition) is 5. The molecule has 118 valence electrons. The Hall–Kier alpha value is -0.850. The van der Waals surface area contributed by atoms with Gasteiger partial charge >= 0.3 is 6.09 Å². The van der Waals surface area contributed by atoms with Crippen molar-refractivity contribution in [3.8, 4) is 0 Å². The zero-order valence-electron chi connectivity index (χ0n) is 13.0. The average molecular weight is 289 g/mol. The number of ether oxygens (including phenoxy) is 2. The maximum Gasteiger partial charge on any atom is 0.412 e. The first-order valence-corrected chi connectivity index (χ1v) is 7.02. The maximum atomic E-state index is 12.0. The summed E-state index contributed by atoms with van der Waals surface area (Å²) in [5, 5.41) is 19.4. The first kappa shape index (κ1) is 17.2. The van der Waals surface area contributed by atoms with Crippen LogP contribution in [-0.2, 0) is 9.47 Å². The average Bonchev–Trinajstić information content (AvgIpc) is 2.70. The van der Waals surface area contributed by atoms with Crippen LogP contribution in [0.15, 0.2) is 0 Å². The number of nitrogens with zero attached hydrogens (tertiary/aromatic N) is 1. The molecule has 1 aliphatic heterocycles. The van der Waals surface area contributed by atoms with Crippen LogP contribution in [0.2, 0.25) is 0 Å². The summed E-state index contributed by atoms with van der Waals surface area (Å²) in [4.78, 5) is 13.6. The fourth-order valence-corrected chi connectivity index (χ4v) is 1.84. The summed E-state index contributed by atoms with van der Waals surface area (Å²) in [7, 11) is 0. The lowest BCUT2D eigenvalue weighted by Gasteiger charge is -2.30. The van der Waals surface area contributed by atoms with Crippen molar-refractivity contribution in [1.82, 2.24) is 4.90 Å². The van der Waals surface area contributed by atoms with Crippen LogP contribution in [0.4, 0.5) is 4.79 Å². The zero-order valence-corrected chi connectivity index (χ0v) is 13.0. The van der Waals surface area contributed by atoms with Crippen molar-refractivity contribution in [2.45, 2.75) is 71.0 Å². The molecule has 0 aromatic rings. The highest BCUT2D eigenvalue weighted by atomic mass is 16.6. The van der Waals surface area contributed by atoms with Gasteiger partial charge in [0.15, 0.2) is 0 Å². The summed E-state index contributed by atoms with van der Waals surface area (Å²) in [5.74, 6) is 0. The molecule has 0 spiro atoms. The van der Waals surface area contributed by atoms with Gasteiger partial charge in [-0.1, -0.05) is 0 Å². The van der Waals surface area contributed by atoms with Crippen molar-refractivity contribution in [1.29, 1.82) is 0 Å². The second-order valence-corrected chi connectivity index (χ2v) is 6.77. The molecule has 6 nitrogen and oxygen atoms in total. The lowest BCUT2D eigenvalue weighted by Crippen LogP contribution is -2.44. The van der Waals surface area contributed by atoms with Crippen molar-refractivity contribution in [2.75, 3.05) is 13.2 Å². The minimum absolute atomic E-state index is 0.0204. The molecule has 1 rings (SSSR count). The van der Waals surface area contributed by atoms with E-state index in [9.17, 15) is 15.0 Å². The van der Waals surface area contributed by atoms with Gasteiger partial charge in [-0.15, -0.1) is 0 Å². The Morgan fingerprint density at radius 2 is 1.95 bits per heavy atom. The Morgan fingerprint density at radius 3 is 2.45 bits per heavy atom. The van der Waals surface area contributed by atoms with Crippen molar-refractivity contribution >= 4 is 6.09 Å². The minimum atomic E-state index is -1.23. The summed E-state index contributed by atoms with van der Waals surface area (Å²) >= 11 is 0. The number of likely N-dealkylation sites (tertiary alicyclic amines) is 1. The molecule has 2 atom stereocenters. The van der Waals surface area contributed by atoms with Gasteiger partial charge in [-0.25, -0.2) is 4.79 Å². The third-order valence-electron chi connectivity index (χ3n) is 3.09. The van der Waals surface area contributed by atoms with Crippen LogP contribution < -0.4 is 0 Å². The van der Waals surface area contributed by atoms with E-state index in [-0.39, 0.29) is 6.61 Å². The van der Waals surface area contributed by atoms with Crippen molar-refractivity contribution in [3.63, 3.8) is 0 Å². The number of amides is 1. The van der Waals surface area contributed by atoms with Crippen molar-refractivity contribution in [3.05, 3.63) is 0 Å². The number of carbonyl (C=O) groups is 1. The van der Waals surface area contributed by atoms with Gasteiger partial charge < -0.3 is 19.7 Å². The minimum Gasteiger partial charge on any atom is -0.444 e. The summed E-state index contributed by atoms with van der Waals surface area (Å²) in [6.07, 6.45) is -0.261. The van der Waals surface area contributed by atoms with Crippen LogP contribution in [0.1, 0.15) is 47.5 Å². The van der Waals surface area contributed by atoms with Gasteiger partial charge in [0.1, 0.15) is 17.9 Å². The molecule has 1 fully saturated rings. The smallest absolute Gasteiger partial charge is 0.412 e. The second kappa shape index (κ2) is 6.28. The Labute approximate surface area is 120 Å². The van der Waals surface area contributed by atoms with Crippen LogP contribution in [-0.4, -0.2) is 57.9 Å². The molecular weight excluding hydrogens is 262 g/mol. The first-order chi connectivity index (χ1) is 9.00. The van der Waals surface area contributed by atoms with E-state index in [1.165, 1.54) is 18.7 Å². The molecule has 0 aliphatic carbocycles. The third kappa shape index (κ3) is 5.26. The van der Waals surface area contributed by atoms with E-state index in [1.54, 1.807) is 0 Å². The van der Waals surface area contributed by atoms with Gasteiger partial charge in [0, 0.05) is 6.54 Å². The molecule has 0 bridgehead atoms. The summed E-state index contributed by atoms with van der Waals surface area (Å²) in [5.41, 5.74) is -1.77. The molecule has 6 heteroatoms. The van der Waals surface area contributed by atoms with Crippen LogP contribution in [0.25, 0.3) is 0 Å². The quantitative estimate of drug-likeness (QED) is 0.819. The Bertz CT molecular complexity index is 331. The lowest BCUT2D eigenvalue weighted by atomic mass is 10.0. The van der Waals surface area contributed by atoms with Crippen LogP contribution >= 0.6 is 0 Å². The molecule has 0 aromatic heterocycles. The highest BCUT2D eigenvalue weighted by molar-refractivity contribution is 5.68. The largest absolute Gasteiger partial charge is 0.444 e. The zero-order chi connectivity index (χ0) is 15.6. The predicted octanol–water partition coefficient (Wildman–Crippen LogP) is 1.49. The number of hydrogen-bond donors (Lipinski definition) is 2. The van der Waals surface area contributed by atoms with E-state index >= 15 is 0 Å². The molecule has 1 amide bonds. The highest BCUT2D eigenvalue weighted by Gasteiger charge is 2.34. The third-order valence-corrected chi connectivity index (χ3v) is 3.09. The fourth-order valence-electron chi connectivity index (χ4n) is 1.84. The van der Waals surface area contributed by atoms with E-state index in [2.05, 4.69) is 0 Å². The van der Waals surface area contributed by atoms with Crippen LogP contribution in [0, 0.1) is 0 Å². The number of rotatable bonds is 4. The monoisotopic (exact) mass is 289 g/mol. The maximum absolute atomic E-state index is 12.0. The molecule has 1 saturated heterocycles. The predicted molar refractivity (Wildman–Crippen MR) is 74.2 cm³/mol. The van der Waals surface area contributed by atoms with Crippen LogP contribution in [0.5, 0.6) is 0 Å². The molecule has 0 saturated carbocycles. The summed E-state index contributed by atoms with van der Waals surface area (Å²) in [6.45, 7) is 9.03. The SMILES string of the molecule is CC(C)(C)OC(=O)N1CCCC1OCC(O)C(C)(C)O. The Morgan fingerprint density at radius 1 is 1.35 bits per heavy atom. The molecular formula is C14H27NO5. The molecule has 20 heavy (non-hydrogen) atoms. The summed E-state index contributed by atoms with van der Waals surface area (Å²) in [6, 6.07) is 0. The molecule has 1 heterocycles. The fraction of sp³-hybridized carbons (Fsp3) is 0.929. The first-order valence-electron chi connectivity index (χ1n) is 7.02. The van der Waals surface area contributed by atoms with Crippen LogP contribution in [0.3, 0.4) is 0 Å². The van der Waals surface area contributed by atoms with E-state index < -0.39 is 29.6 Å². The topological polar surface area (TPSA) is 79.2 Å². The second-order valence-electron chi connectivity index (χ2n) is 6.77. The van der Waals surface area contributed by atoms with Gasteiger partial charge in [0.25, 0.3) is 0 Å². The Kier molecular flexibility index (Phi) is 5.40. The van der Waals surface area contributed by atoms with Gasteiger partial charge in [-0.3, -0.25) is 4.90 Å². The van der Waals surface area contributed by atoms with Crippen molar-refractivity contribution in [2.24, 2.45) is 0 Å². The standard InChI is InChI=1S/C14H27NO5/c1-13(2,3)20-12(17)15-8-6-7-11(15)19-9-10(16)14(4,5)18/h10-11,16,18H,6-9H2,1-5H3. The lowest BCUT2D eigenvalue weighted by molar-refractivity contribution is -0.121. The van der Waals surface area contributed by atoms with E-state index in [4.69, 9.17) is 9.47 Å². The van der Waals surface area contributed by atoms with E-state index in [0.717, 1.165) is 6.42 Å². The molecule has 0 radical (unpaired) electrons. The van der Waals surface area contributed by atoms with E-state index in [1.807, 2.05) is 20.8 Å². The molecule has 0 aromatic carbocycles.